The Balaban J connectivity index is 1.84. The molecule has 4 fully saturated rings. The molecule has 8 atom stereocenters. The Bertz CT molecular complexity index is 438. The Morgan fingerprint density at radius 3 is 2.89 bits per heavy atom. The average Bonchev–Trinajstić information content (AvgIpc) is 2.89. The quantitative estimate of drug-likeness (QED) is 0.514. The third kappa shape index (κ3) is 1.15. The van der Waals surface area contributed by atoms with E-state index in [-0.39, 0.29) is 52.6 Å². The molecule has 4 aliphatic rings. The molecule has 2 saturated carbocycles. The van der Waals surface area contributed by atoms with Gasteiger partial charge in [0.2, 0.25) is 0 Å². The number of Topliss-reactive ketones (excluding diaryl/α,β-unsaturated/α-hetero) is 1. The summed E-state index contributed by atoms with van der Waals surface area (Å²) in [6.07, 6.45) is -0.260. The Kier molecular flexibility index (Phi) is 2.24. The largest absolute Gasteiger partial charge is 0.454 e. The zero-order valence-electron chi connectivity index (χ0n) is 9.75. The van der Waals surface area contributed by atoms with E-state index >= 15 is 0 Å². The normalized spacial score (nSPS) is 56.8. The monoisotopic (exact) mass is 316 g/mol. The number of methoxy groups -OCH3 is 1. The Morgan fingerprint density at radius 1 is 1.39 bits per heavy atom. The second-order valence-electron chi connectivity index (χ2n) is 5.50. The average molecular weight is 317 g/mol. The van der Waals surface area contributed by atoms with E-state index in [0.717, 1.165) is 6.42 Å². The molecule has 18 heavy (non-hydrogen) atoms. The molecular weight excluding hydrogens is 304 g/mol. The number of alkyl halides is 1. The van der Waals surface area contributed by atoms with Crippen LogP contribution in [0.25, 0.3) is 0 Å². The van der Waals surface area contributed by atoms with Crippen LogP contribution < -0.4 is 0 Å². The van der Waals surface area contributed by atoms with Crippen molar-refractivity contribution in [3.63, 3.8) is 0 Å². The van der Waals surface area contributed by atoms with E-state index < -0.39 is 6.10 Å². The molecule has 2 heterocycles. The van der Waals surface area contributed by atoms with E-state index in [1.165, 1.54) is 0 Å². The molecule has 0 N–H and O–H groups in total. The van der Waals surface area contributed by atoms with Crippen molar-refractivity contribution in [3.05, 3.63) is 0 Å². The molecule has 98 valence electrons. The SMILES string of the molecule is CO[C@@H]1[C@H]2C(=O)O[C@H]3C(=O)[C@H](Br)[C@H]4O[C@@H]1C[C@H]4[C@@H]23. The molecule has 2 aliphatic carbocycles. The van der Waals surface area contributed by atoms with Crippen molar-refractivity contribution in [3.8, 4) is 0 Å². The Hall–Kier alpha value is -0.460. The highest BCUT2D eigenvalue weighted by Crippen LogP contribution is 2.55. The van der Waals surface area contributed by atoms with Gasteiger partial charge >= 0.3 is 5.97 Å². The fraction of sp³-hybridized carbons (Fsp3) is 0.833. The highest BCUT2D eigenvalue weighted by Gasteiger charge is 2.68. The number of hydrogen-bond acceptors (Lipinski definition) is 5. The molecule has 0 aromatic carbocycles. The van der Waals surface area contributed by atoms with Crippen molar-refractivity contribution >= 4 is 27.7 Å². The molecule has 0 radical (unpaired) electrons. The maximum absolute atomic E-state index is 12.2. The van der Waals surface area contributed by atoms with Crippen molar-refractivity contribution in [1.29, 1.82) is 0 Å². The minimum atomic E-state index is -0.603. The van der Waals surface area contributed by atoms with Crippen LogP contribution in [0.4, 0.5) is 0 Å². The summed E-state index contributed by atoms with van der Waals surface area (Å²) < 4.78 is 16.7. The fourth-order valence-corrected chi connectivity index (χ4v) is 4.98. The topological polar surface area (TPSA) is 61.8 Å². The number of esters is 1. The number of halogens is 1. The molecule has 0 aromatic rings. The van der Waals surface area contributed by atoms with Crippen molar-refractivity contribution in [2.24, 2.45) is 17.8 Å². The van der Waals surface area contributed by atoms with E-state index in [9.17, 15) is 9.59 Å². The lowest BCUT2D eigenvalue weighted by Crippen LogP contribution is -2.53. The predicted molar refractivity (Wildman–Crippen MR) is 62.1 cm³/mol. The summed E-state index contributed by atoms with van der Waals surface area (Å²) in [6, 6.07) is 0. The standard InChI is InChI=1S/C12H13BrO5/c1-16-10-4-2-3-5-6(10)12(15)18-11(5)8(14)7(13)9(3)17-4/h3-7,9-11H,2H2,1H3/t3-,4+,5-,6-,7-,9-,10-,11+/m0/s1. The molecule has 0 amide bonds. The molecule has 4 rings (SSSR count). The van der Waals surface area contributed by atoms with Crippen LogP contribution in [0.3, 0.4) is 0 Å². The van der Waals surface area contributed by atoms with Gasteiger partial charge in [-0.05, 0) is 12.3 Å². The lowest BCUT2D eigenvalue weighted by molar-refractivity contribution is -0.157. The van der Waals surface area contributed by atoms with Crippen LogP contribution in [0.1, 0.15) is 6.42 Å². The Labute approximate surface area is 112 Å². The molecule has 2 bridgehead atoms. The van der Waals surface area contributed by atoms with Crippen molar-refractivity contribution in [2.45, 2.75) is 35.7 Å². The van der Waals surface area contributed by atoms with Gasteiger partial charge in [-0.1, -0.05) is 15.9 Å². The van der Waals surface area contributed by atoms with Gasteiger partial charge in [-0.3, -0.25) is 9.59 Å². The number of carbonyl (C=O) groups is 2. The maximum Gasteiger partial charge on any atom is 0.312 e. The highest BCUT2D eigenvalue weighted by atomic mass is 79.9. The molecular formula is C12H13BrO5. The lowest BCUT2D eigenvalue weighted by atomic mass is 9.64. The number of hydrogen-bond donors (Lipinski definition) is 0. The van der Waals surface area contributed by atoms with Gasteiger partial charge in [-0.25, -0.2) is 0 Å². The fourth-order valence-electron chi connectivity index (χ4n) is 4.20. The third-order valence-corrected chi connectivity index (χ3v) is 5.84. The summed E-state index contributed by atoms with van der Waals surface area (Å²) in [5, 5.41) is 0. The summed E-state index contributed by atoms with van der Waals surface area (Å²) in [5.41, 5.74) is 0. The van der Waals surface area contributed by atoms with Crippen LogP contribution in [0.15, 0.2) is 0 Å². The number of carbonyl (C=O) groups excluding carboxylic acids is 2. The van der Waals surface area contributed by atoms with Gasteiger partial charge in [-0.2, -0.15) is 0 Å². The molecule has 6 heteroatoms. The zero-order chi connectivity index (χ0) is 12.6. The van der Waals surface area contributed by atoms with Gasteiger partial charge < -0.3 is 14.2 Å². The van der Waals surface area contributed by atoms with Gasteiger partial charge in [0.25, 0.3) is 0 Å². The van der Waals surface area contributed by atoms with Crippen LogP contribution in [0.2, 0.25) is 0 Å². The number of fused-ring (bicyclic) bond motifs is 1. The summed E-state index contributed by atoms with van der Waals surface area (Å²) in [5.74, 6) is -0.532. The predicted octanol–water partition coefficient (Wildman–Crippen LogP) is 0.293. The number of rotatable bonds is 1. The lowest BCUT2D eigenvalue weighted by Gasteiger charge is -2.39. The second-order valence-corrected chi connectivity index (χ2v) is 6.49. The van der Waals surface area contributed by atoms with Crippen molar-refractivity contribution < 1.29 is 23.8 Å². The smallest absolute Gasteiger partial charge is 0.312 e. The summed E-state index contributed by atoms with van der Waals surface area (Å²) >= 11 is 3.40. The van der Waals surface area contributed by atoms with E-state index in [4.69, 9.17) is 14.2 Å². The summed E-state index contributed by atoms with van der Waals surface area (Å²) in [7, 11) is 1.59. The molecule has 0 aromatic heterocycles. The molecule has 2 aliphatic heterocycles. The molecule has 0 unspecified atom stereocenters. The van der Waals surface area contributed by atoms with Gasteiger partial charge in [-0.15, -0.1) is 0 Å². The van der Waals surface area contributed by atoms with Crippen LogP contribution in [0, 0.1) is 17.8 Å². The molecule has 5 nitrogen and oxygen atoms in total. The molecule has 2 saturated heterocycles. The van der Waals surface area contributed by atoms with Gasteiger partial charge in [0.15, 0.2) is 11.9 Å². The van der Waals surface area contributed by atoms with E-state index in [1.54, 1.807) is 7.11 Å². The van der Waals surface area contributed by atoms with Crippen molar-refractivity contribution in [2.75, 3.05) is 7.11 Å². The third-order valence-electron chi connectivity index (χ3n) is 4.87. The Morgan fingerprint density at radius 2 is 2.17 bits per heavy atom. The van der Waals surface area contributed by atoms with Crippen LogP contribution in [0.5, 0.6) is 0 Å². The number of ether oxygens (including phenoxy) is 3. The second kappa shape index (κ2) is 3.55. The van der Waals surface area contributed by atoms with Crippen LogP contribution in [-0.2, 0) is 23.8 Å². The van der Waals surface area contributed by atoms with Crippen molar-refractivity contribution in [1.82, 2.24) is 0 Å². The first-order chi connectivity index (χ1) is 8.63. The van der Waals surface area contributed by atoms with E-state index in [1.807, 2.05) is 0 Å². The zero-order valence-corrected chi connectivity index (χ0v) is 11.3. The van der Waals surface area contributed by atoms with Gasteiger partial charge in [0.05, 0.1) is 24.2 Å². The summed E-state index contributed by atoms with van der Waals surface area (Å²) in [4.78, 5) is 23.9. The minimum absolute atomic E-state index is 0.0606. The molecule has 0 spiro atoms. The highest BCUT2D eigenvalue weighted by molar-refractivity contribution is 9.10. The van der Waals surface area contributed by atoms with E-state index in [0.29, 0.717) is 0 Å². The first-order valence-corrected chi connectivity index (χ1v) is 7.11. The minimum Gasteiger partial charge on any atom is -0.454 e. The van der Waals surface area contributed by atoms with Gasteiger partial charge in [0.1, 0.15) is 4.83 Å². The van der Waals surface area contributed by atoms with E-state index in [2.05, 4.69) is 15.9 Å². The number of ketones is 1. The summed E-state index contributed by atoms with van der Waals surface area (Å²) in [6.45, 7) is 0. The first-order valence-electron chi connectivity index (χ1n) is 6.20. The van der Waals surface area contributed by atoms with Gasteiger partial charge in [0, 0.05) is 13.0 Å². The maximum atomic E-state index is 12.2. The first kappa shape index (κ1) is 11.4. The van der Waals surface area contributed by atoms with Crippen LogP contribution in [-0.4, -0.2) is 48.1 Å². The van der Waals surface area contributed by atoms with Crippen LogP contribution >= 0.6 is 15.9 Å².